The molecule has 1 aliphatic carbocycles. The van der Waals surface area contributed by atoms with Crippen LogP contribution in [-0.4, -0.2) is 32.1 Å². The number of nitrogens with one attached hydrogen (secondary N) is 1. The lowest BCUT2D eigenvalue weighted by Gasteiger charge is -2.10. The zero-order chi connectivity index (χ0) is 16.3. The summed E-state index contributed by atoms with van der Waals surface area (Å²) in [6.07, 6.45) is 3.79. The molecule has 120 valence electrons. The van der Waals surface area contributed by atoms with Crippen molar-refractivity contribution in [3.05, 3.63) is 16.0 Å². The number of carbonyl (C=O) groups excluding carboxylic acids is 3. The van der Waals surface area contributed by atoms with Crippen molar-refractivity contribution in [2.75, 3.05) is 19.5 Å². The summed E-state index contributed by atoms with van der Waals surface area (Å²) >= 11 is 1.04. The molecule has 0 unspecified atom stereocenters. The molecule has 0 aliphatic heterocycles. The Kier molecular flexibility index (Phi) is 5.18. The van der Waals surface area contributed by atoms with Gasteiger partial charge in [-0.05, 0) is 25.3 Å². The molecule has 2 rings (SSSR count). The fourth-order valence-electron chi connectivity index (χ4n) is 2.64. The van der Waals surface area contributed by atoms with E-state index in [-0.39, 0.29) is 17.4 Å². The Morgan fingerprint density at radius 1 is 1.09 bits per heavy atom. The highest BCUT2D eigenvalue weighted by molar-refractivity contribution is 7.18. The van der Waals surface area contributed by atoms with Crippen molar-refractivity contribution < 1.29 is 23.9 Å². The Balaban J connectivity index is 2.33. The number of esters is 2. The molecule has 0 saturated heterocycles. The summed E-state index contributed by atoms with van der Waals surface area (Å²) in [5.74, 6) is -1.26. The number of anilines is 1. The monoisotopic (exact) mass is 325 g/mol. The molecule has 1 aromatic heterocycles. The van der Waals surface area contributed by atoms with Gasteiger partial charge in [-0.15, -0.1) is 11.3 Å². The summed E-state index contributed by atoms with van der Waals surface area (Å²) in [4.78, 5) is 36.3. The van der Waals surface area contributed by atoms with Crippen LogP contribution in [0, 0.1) is 12.8 Å². The number of amides is 1. The first kappa shape index (κ1) is 16.5. The normalized spacial score (nSPS) is 14.7. The van der Waals surface area contributed by atoms with E-state index < -0.39 is 11.9 Å². The SMILES string of the molecule is COC(=O)c1sc(NC(=O)C2CCCC2)c(C(=O)OC)c1C. The van der Waals surface area contributed by atoms with E-state index in [1.807, 2.05) is 0 Å². The van der Waals surface area contributed by atoms with Crippen LogP contribution in [0.25, 0.3) is 0 Å². The Labute approximate surface area is 132 Å². The molecule has 1 heterocycles. The van der Waals surface area contributed by atoms with Crippen molar-refractivity contribution in [2.24, 2.45) is 5.92 Å². The van der Waals surface area contributed by atoms with Gasteiger partial charge in [-0.1, -0.05) is 12.8 Å². The first-order chi connectivity index (χ1) is 10.5. The highest BCUT2D eigenvalue weighted by Gasteiger charge is 2.29. The second kappa shape index (κ2) is 6.91. The fraction of sp³-hybridized carbons (Fsp3) is 0.533. The number of hydrogen-bond acceptors (Lipinski definition) is 6. The maximum atomic E-state index is 12.3. The molecule has 22 heavy (non-hydrogen) atoms. The molecule has 0 spiro atoms. The van der Waals surface area contributed by atoms with Gasteiger partial charge in [0.2, 0.25) is 5.91 Å². The molecule has 1 aromatic rings. The van der Waals surface area contributed by atoms with Crippen LogP contribution in [0.3, 0.4) is 0 Å². The van der Waals surface area contributed by atoms with Gasteiger partial charge in [-0.2, -0.15) is 0 Å². The second-order valence-corrected chi connectivity index (χ2v) is 6.23. The van der Waals surface area contributed by atoms with Gasteiger partial charge in [0.05, 0.1) is 19.8 Å². The molecule has 0 atom stereocenters. The average Bonchev–Trinajstić information content (AvgIpc) is 3.14. The van der Waals surface area contributed by atoms with E-state index in [0.29, 0.717) is 15.4 Å². The van der Waals surface area contributed by atoms with Gasteiger partial charge in [-0.3, -0.25) is 4.79 Å². The predicted molar refractivity (Wildman–Crippen MR) is 82.3 cm³/mol. The molecule has 0 aromatic carbocycles. The van der Waals surface area contributed by atoms with Crippen LogP contribution in [0.5, 0.6) is 0 Å². The summed E-state index contributed by atoms with van der Waals surface area (Å²) in [5.41, 5.74) is 0.685. The highest BCUT2D eigenvalue weighted by atomic mass is 32.1. The van der Waals surface area contributed by atoms with Crippen LogP contribution in [0.2, 0.25) is 0 Å². The van der Waals surface area contributed by atoms with E-state index in [1.54, 1.807) is 6.92 Å². The van der Waals surface area contributed by atoms with Crippen molar-refractivity contribution in [1.29, 1.82) is 0 Å². The van der Waals surface area contributed by atoms with E-state index in [0.717, 1.165) is 37.0 Å². The largest absolute Gasteiger partial charge is 0.465 e. The third-order valence-electron chi connectivity index (χ3n) is 3.87. The summed E-state index contributed by atoms with van der Waals surface area (Å²) < 4.78 is 9.47. The molecule has 1 fully saturated rings. The maximum absolute atomic E-state index is 12.3. The van der Waals surface area contributed by atoms with E-state index >= 15 is 0 Å². The zero-order valence-electron chi connectivity index (χ0n) is 12.9. The summed E-state index contributed by atoms with van der Waals surface area (Å²) in [5, 5.41) is 3.13. The Morgan fingerprint density at radius 2 is 1.68 bits per heavy atom. The smallest absolute Gasteiger partial charge is 0.348 e. The topological polar surface area (TPSA) is 81.7 Å². The van der Waals surface area contributed by atoms with Crippen LogP contribution in [0.1, 0.15) is 51.3 Å². The average molecular weight is 325 g/mol. The molecule has 1 saturated carbocycles. The van der Waals surface area contributed by atoms with E-state index in [2.05, 4.69) is 5.32 Å². The second-order valence-electron chi connectivity index (χ2n) is 5.21. The van der Waals surface area contributed by atoms with Crippen molar-refractivity contribution in [3.8, 4) is 0 Å². The van der Waals surface area contributed by atoms with E-state index in [9.17, 15) is 14.4 Å². The summed E-state index contributed by atoms with van der Waals surface area (Å²) in [7, 11) is 2.54. The van der Waals surface area contributed by atoms with Gasteiger partial charge < -0.3 is 14.8 Å². The van der Waals surface area contributed by atoms with Crippen molar-refractivity contribution >= 4 is 34.2 Å². The number of thiophene rings is 1. The molecule has 0 bridgehead atoms. The fourth-order valence-corrected chi connectivity index (χ4v) is 3.75. The van der Waals surface area contributed by atoms with Crippen molar-refractivity contribution in [1.82, 2.24) is 0 Å². The first-order valence-electron chi connectivity index (χ1n) is 7.10. The molecule has 0 radical (unpaired) electrons. The lowest BCUT2D eigenvalue weighted by molar-refractivity contribution is -0.119. The van der Waals surface area contributed by atoms with Crippen LogP contribution >= 0.6 is 11.3 Å². The third-order valence-corrected chi connectivity index (χ3v) is 5.06. The molecule has 1 N–H and O–H groups in total. The number of ether oxygens (including phenoxy) is 2. The number of methoxy groups -OCH3 is 2. The van der Waals surface area contributed by atoms with Crippen LogP contribution in [-0.2, 0) is 14.3 Å². The predicted octanol–water partition coefficient (Wildman–Crippen LogP) is 2.76. The number of hydrogen-bond donors (Lipinski definition) is 1. The van der Waals surface area contributed by atoms with Gasteiger partial charge in [0.25, 0.3) is 0 Å². The Hall–Kier alpha value is -1.89. The summed E-state index contributed by atoms with van der Waals surface area (Å²) in [6, 6.07) is 0. The maximum Gasteiger partial charge on any atom is 0.348 e. The lowest BCUT2D eigenvalue weighted by atomic mass is 10.1. The van der Waals surface area contributed by atoms with Gasteiger partial charge in [-0.25, -0.2) is 9.59 Å². The van der Waals surface area contributed by atoms with Crippen molar-refractivity contribution in [3.63, 3.8) is 0 Å². The lowest BCUT2D eigenvalue weighted by Crippen LogP contribution is -2.21. The molecule has 1 amide bonds. The first-order valence-corrected chi connectivity index (χ1v) is 7.92. The number of carbonyl (C=O) groups is 3. The van der Waals surface area contributed by atoms with Crippen LogP contribution in [0.15, 0.2) is 0 Å². The van der Waals surface area contributed by atoms with Gasteiger partial charge in [0.1, 0.15) is 9.88 Å². The van der Waals surface area contributed by atoms with Gasteiger partial charge in [0.15, 0.2) is 0 Å². The highest BCUT2D eigenvalue weighted by Crippen LogP contribution is 2.35. The molecular weight excluding hydrogens is 306 g/mol. The molecular formula is C15H19NO5S. The van der Waals surface area contributed by atoms with Gasteiger partial charge in [0, 0.05) is 5.92 Å². The molecule has 7 heteroatoms. The third kappa shape index (κ3) is 3.14. The summed E-state index contributed by atoms with van der Waals surface area (Å²) in [6.45, 7) is 1.64. The Bertz CT molecular complexity index is 601. The molecule has 6 nitrogen and oxygen atoms in total. The standard InChI is InChI=1S/C15H19NO5S/c1-8-10(14(18)20-2)13(22-11(8)15(19)21-3)16-12(17)9-6-4-5-7-9/h9H,4-7H2,1-3H3,(H,16,17). The minimum absolute atomic E-state index is 0.0329. The number of rotatable bonds is 4. The zero-order valence-corrected chi connectivity index (χ0v) is 13.7. The van der Waals surface area contributed by atoms with Crippen LogP contribution < -0.4 is 5.32 Å². The Morgan fingerprint density at radius 3 is 2.23 bits per heavy atom. The molecule has 1 aliphatic rings. The van der Waals surface area contributed by atoms with Crippen molar-refractivity contribution in [2.45, 2.75) is 32.6 Å². The van der Waals surface area contributed by atoms with Gasteiger partial charge >= 0.3 is 11.9 Å². The minimum Gasteiger partial charge on any atom is -0.465 e. The quantitative estimate of drug-likeness (QED) is 0.861. The van der Waals surface area contributed by atoms with E-state index in [4.69, 9.17) is 9.47 Å². The van der Waals surface area contributed by atoms with E-state index in [1.165, 1.54) is 14.2 Å². The minimum atomic E-state index is -0.578. The van der Waals surface area contributed by atoms with Crippen LogP contribution in [0.4, 0.5) is 5.00 Å².